The van der Waals surface area contributed by atoms with Gasteiger partial charge in [-0.15, -0.1) is 0 Å². The number of carbonyl (C=O) groups is 2. The first-order valence-corrected chi connectivity index (χ1v) is 12.1. The number of hydrogen-bond donors (Lipinski definition) is 2. The summed E-state index contributed by atoms with van der Waals surface area (Å²) in [6, 6.07) is 10.2. The van der Waals surface area contributed by atoms with Crippen molar-refractivity contribution in [1.82, 2.24) is 20.4 Å². The molecular weight excluding hydrogens is 388 g/mol. The van der Waals surface area contributed by atoms with E-state index in [-0.39, 0.29) is 23.9 Å². The predicted octanol–water partition coefficient (Wildman–Crippen LogP) is 2.43. The van der Waals surface area contributed by atoms with Crippen molar-refractivity contribution >= 4 is 11.8 Å². The number of nitrogens with zero attached hydrogens (tertiary/aromatic N) is 2. The second kappa shape index (κ2) is 11.6. The molecule has 3 rings (SSSR count). The van der Waals surface area contributed by atoms with E-state index in [2.05, 4.69) is 57.7 Å². The van der Waals surface area contributed by atoms with Crippen molar-refractivity contribution in [2.75, 3.05) is 33.2 Å². The average molecular weight is 429 g/mol. The fourth-order valence-electron chi connectivity index (χ4n) is 4.91. The lowest BCUT2D eigenvalue weighted by Crippen LogP contribution is -2.56. The highest BCUT2D eigenvalue weighted by atomic mass is 16.2. The molecule has 2 N–H and O–H groups in total. The fourth-order valence-corrected chi connectivity index (χ4v) is 4.91. The van der Waals surface area contributed by atoms with Gasteiger partial charge in [-0.3, -0.25) is 9.59 Å². The summed E-state index contributed by atoms with van der Waals surface area (Å²) in [5.74, 6) is 0.610. The average Bonchev–Trinajstić information content (AvgIpc) is 3.23. The van der Waals surface area contributed by atoms with Crippen LogP contribution in [0.3, 0.4) is 0 Å². The van der Waals surface area contributed by atoms with Gasteiger partial charge in [-0.05, 0) is 57.7 Å². The summed E-state index contributed by atoms with van der Waals surface area (Å²) in [5, 5.41) is 6.00. The van der Waals surface area contributed by atoms with Gasteiger partial charge in [0.2, 0.25) is 11.8 Å². The zero-order valence-electron chi connectivity index (χ0n) is 19.5. The van der Waals surface area contributed by atoms with Gasteiger partial charge < -0.3 is 20.4 Å². The molecule has 172 valence electrons. The molecule has 0 aromatic heterocycles. The van der Waals surface area contributed by atoms with Crippen LogP contribution >= 0.6 is 0 Å². The SMILES string of the molecule is CCCC[C@H](NC(=O)[C@H](C)NC)C(=O)N1CC[C@H]2CCN(CCc3ccccc3)C[C@H]21. The van der Waals surface area contributed by atoms with E-state index in [1.165, 1.54) is 5.56 Å². The van der Waals surface area contributed by atoms with Crippen LogP contribution in [0.1, 0.15) is 51.5 Å². The molecule has 0 aliphatic carbocycles. The molecule has 0 radical (unpaired) electrons. The molecule has 31 heavy (non-hydrogen) atoms. The monoisotopic (exact) mass is 428 g/mol. The number of benzene rings is 1. The van der Waals surface area contributed by atoms with E-state index in [9.17, 15) is 9.59 Å². The largest absolute Gasteiger partial charge is 0.343 e. The van der Waals surface area contributed by atoms with Gasteiger partial charge in [0.1, 0.15) is 6.04 Å². The van der Waals surface area contributed by atoms with Crippen LogP contribution in [0.4, 0.5) is 0 Å². The van der Waals surface area contributed by atoms with Crippen LogP contribution in [-0.4, -0.2) is 73.0 Å². The van der Waals surface area contributed by atoms with E-state index >= 15 is 0 Å². The van der Waals surface area contributed by atoms with Crippen LogP contribution in [0, 0.1) is 5.92 Å². The Labute approximate surface area is 187 Å². The van der Waals surface area contributed by atoms with Gasteiger partial charge >= 0.3 is 0 Å². The Morgan fingerprint density at radius 3 is 2.61 bits per heavy atom. The van der Waals surface area contributed by atoms with E-state index in [4.69, 9.17) is 0 Å². The van der Waals surface area contributed by atoms with Gasteiger partial charge in [-0.2, -0.15) is 0 Å². The summed E-state index contributed by atoms with van der Waals surface area (Å²) >= 11 is 0. The van der Waals surface area contributed by atoms with Crippen LogP contribution in [-0.2, 0) is 16.0 Å². The molecule has 6 nitrogen and oxygen atoms in total. The Hall–Kier alpha value is -1.92. The molecule has 1 aromatic rings. The van der Waals surface area contributed by atoms with Crippen molar-refractivity contribution in [3.05, 3.63) is 35.9 Å². The van der Waals surface area contributed by atoms with Crippen LogP contribution in [0.2, 0.25) is 0 Å². The zero-order valence-corrected chi connectivity index (χ0v) is 19.5. The van der Waals surface area contributed by atoms with Gasteiger partial charge in [0.15, 0.2) is 0 Å². The van der Waals surface area contributed by atoms with E-state index in [0.29, 0.717) is 12.3 Å². The van der Waals surface area contributed by atoms with Gasteiger partial charge in [-0.1, -0.05) is 50.1 Å². The standard InChI is InChI=1S/C25H40N4O2/c1-4-5-11-22(27-24(30)19(2)26-3)25(31)29-17-14-21-13-16-28(18-23(21)29)15-12-20-9-7-6-8-10-20/h6-10,19,21-23,26H,4-5,11-18H2,1-3H3,(H,27,30)/t19-,21+,22-,23+/m0/s1. The van der Waals surface area contributed by atoms with Crippen molar-refractivity contribution in [1.29, 1.82) is 0 Å². The van der Waals surface area contributed by atoms with Crippen LogP contribution in [0.5, 0.6) is 0 Å². The van der Waals surface area contributed by atoms with Gasteiger partial charge in [-0.25, -0.2) is 0 Å². The Balaban J connectivity index is 1.61. The maximum atomic E-state index is 13.5. The lowest BCUT2D eigenvalue weighted by molar-refractivity contribution is -0.138. The third kappa shape index (κ3) is 6.30. The zero-order chi connectivity index (χ0) is 22.2. The van der Waals surface area contributed by atoms with Crippen molar-refractivity contribution in [2.24, 2.45) is 5.92 Å². The molecule has 2 amide bonds. The first-order chi connectivity index (χ1) is 15.0. The number of unbranched alkanes of at least 4 members (excludes halogenated alkanes) is 1. The minimum Gasteiger partial charge on any atom is -0.343 e. The first-order valence-electron chi connectivity index (χ1n) is 12.1. The number of piperidine rings is 1. The van der Waals surface area contributed by atoms with Crippen molar-refractivity contribution in [3.63, 3.8) is 0 Å². The lowest BCUT2D eigenvalue weighted by atomic mass is 9.91. The lowest BCUT2D eigenvalue weighted by Gasteiger charge is -2.39. The molecule has 4 atom stereocenters. The molecule has 2 aliphatic heterocycles. The van der Waals surface area contributed by atoms with Crippen LogP contribution in [0.15, 0.2) is 30.3 Å². The Morgan fingerprint density at radius 2 is 1.90 bits per heavy atom. The second-order valence-corrected chi connectivity index (χ2v) is 9.19. The van der Waals surface area contributed by atoms with Crippen LogP contribution < -0.4 is 10.6 Å². The highest BCUT2D eigenvalue weighted by Crippen LogP contribution is 2.32. The summed E-state index contributed by atoms with van der Waals surface area (Å²) < 4.78 is 0. The van der Waals surface area contributed by atoms with Gasteiger partial charge in [0, 0.05) is 25.7 Å². The third-order valence-electron chi connectivity index (χ3n) is 7.08. The maximum absolute atomic E-state index is 13.5. The molecule has 2 fully saturated rings. The highest BCUT2D eigenvalue weighted by molar-refractivity contribution is 5.90. The van der Waals surface area contributed by atoms with Crippen LogP contribution in [0.25, 0.3) is 0 Å². The minimum absolute atomic E-state index is 0.0965. The van der Waals surface area contributed by atoms with Crippen molar-refractivity contribution in [2.45, 2.75) is 70.5 Å². The molecule has 0 bridgehead atoms. The number of rotatable bonds is 10. The number of likely N-dealkylation sites (tertiary alicyclic amines) is 2. The predicted molar refractivity (Wildman–Crippen MR) is 125 cm³/mol. The summed E-state index contributed by atoms with van der Waals surface area (Å²) in [5.41, 5.74) is 1.37. The van der Waals surface area contributed by atoms with Gasteiger partial charge in [0.05, 0.1) is 6.04 Å². The van der Waals surface area contributed by atoms with Gasteiger partial charge in [0.25, 0.3) is 0 Å². The van der Waals surface area contributed by atoms with E-state index in [0.717, 1.165) is 58.3 Å². The number of fused-ring (bicyclic) bond motifs is 1. The fraction of sp³-hybridized carbons (Fsp3) is 0.680. The molecule has 2 aliphatic rings. The maximum Gasteiger partial charge on any atom is 0.245 e. The molecule has 6 heteroatoms. The Bertz CT molecular complexity index is 711. The first kappa shape index (κ1) is 23.7. The third-order valence-corrected chi connectivity index (χ3v) is 7.08. The smallest absolute Gasteiger partial charge is 0.245 e. The topological polar surface area (TPSA) is 64.7 Å². The van der Waals surface area contributed by atoms with E-state index in [1.807, 2.05) is 6.92 Å². The Kier molecular flexibility index (Phi) is 8.90. The minimum atomic E-state index is -0.415. The van der Waals surface area contributed by atoms with Crippen molar-refractivity contribution in [3.8, 4) is 0 Å². The normalized spacial score (nSPS) is 23.3. The molecule has 0 unspecified atom stereocenters. The number of hydrogen-bond acceptors (Lipinski definition) is 4. The summed E-state index contributed by atoms with van der Waals surface area (Å²) in [6.45, 7) is 7.87. The molecule has 0 saturated carbocycles. The number of amides is 2. The number of carbonyl (C=O) groups excluding carboxylic acids is 2. The second-order valence-electron chi connectivity index (χ2n) is 9.19. The van der Waals surface area contributed by atoms with E-state index < -0.39 is 6.04 Å². The Morgan fingerprint density at radius 1 is 1.16 bits per heavy atom. The number of nitrogens with one attached hydrogen (secondary N) is 2. The molecule has 2 heterocycles. The number of likely N-dealkylation sites (N-methyl/N-ethyl adjacent to an activating group) is 1. The summed E-state index contributed by atoms with van der Waals surface area (Å²) in [6.07, 6.45) is 5.96. The quantitative estimate of drug-likeness (QED) is 0.601. The molecular formula is C25H40N4O2. The molecule has 2 saturated heterocycles. The highest BCUT2D eigenvalue weighted by Gasteiger charge is 2.42. The molecule has 1 aromatic carbocycles. The van der Waals surface area contributed by atoms with E-state index in [1.54, 1.807) is 7.05 Å². The van der Waals surface area contributed by atoms with Crippen molar-refractivity contribution < 1.29 is 9.59 Å². The summed E-state index contributed by atoms with van der Waals surface area (Å²) in [7, 11) is 1.77. The molecule has 0 spiro atoms. The summed E-state index contributed by atoms with van der Waals surface area (Å²) in [4.78, 5) is 30.6.